The molecular weight excluding hydrogens is 377 g/mol. The molecule has 0 aliphatic heterocycles. The Hall–Kier alpha value is -3.34. The molecule has 4 rings (SSSR count). The SMILES string of the molecule is COCCn1ncc2cc(-c3cc(-c4noc(C(F)(F)F)n4)ccn3)ncc21. The molecule has 0 aliphatic rings. The van der Waals surface area contributed by atoms with Gasteiger partial charge in [-0.05, 0) is 18.2 Å². The Labute approximate surface area is 156 Å². The van der Waals surface area contributed by atoms with Crippen LogP contribution in [0, 0.1) is 0 Å². The molecule has 8 nitrogen and oxygen atoms in total. The van der Waals surface area contributed by atoms with Crippen LogP contribution in [0.4, 0.5) is 13.2 Å². The third-order valence-electron chi connectivity index (χ3n) is 3.98. The van der Waals surface area contributed by atoms with Gasteiger partial charge in [-0.25, -0.2) is 0 Å². The van der Waals surface area contributed by atoms with E-state index < -0.39 is 12.1 Å². The lowest BCUT2D eigenvalue weighted by Crippen LogP contribution is -2.05. The number of aromatic nitrogens is 6. The van der Waals surface area contributed by atoms with E-state index in [0.717, 1.165) is 10.9 Å². The molecule has 0 fully saturated rings. The maximum Gasteiger partial charge on any atom is 0.471 e. The van der Waals surface area contributed by atoms with Gasteiger partial charge in [0.15, 0.2) is 0 Å². The molecule has 4 aromatic heterocycles. The van der Waals surface area contributed by atoms with Crippen LogP contribution in [0.1, 0.15) is 5.89 Å². The second-order valence-corrected chi connectivity index (χ2v) is 5.84. The Morgan fingerprint density at radius 3 is 2.71 bits per heavy atom. The fourth-order valence-corrected chi connectivity index (χ4v) is 2.64. The van der Waals surface area contributed by atoms with Crippen molar-refractivity contribution in [1.82, 2.24) is 29.9 Å². The molecule has 0 aliphatic carbocycles. The summed E-state index contributed by atoms with van der Waals surface area (Å²) in [6.45, 7) is 1.11. The van der Waals surface area contributed by atoms with Crippen molar-refractivity contribution in [3.05, 3.63) is 42.7 Å². The number of alkyl halides is 3. The molecule has 28 heavy (non-hydrogen) atoms. The minimum atomic E-state index is -4.70. The Balaban J connectivity index is 1.66. The summed E-state index contributed by atoms with van der Waals surface area (Å²) in [6, 6.07) is 4.85. The van der Waals surface area contributed by atoms with E-state index in [1.54, 1.807) is 36.3 Å². The van der Waals surface area contributed by atoms with E-state index in [1.807, 2.05) is 0 Å². The highest BCUT2D eigenvalue weighted by molar-refractivity contribution is 5.82. The van der Waals surface area contributed by atoms with E-state index in [9.17, 15) is 13.2 Å². The summed E-state index contributed by atoms with van der Waals surface area (Å²) in [5.74, 6) is -1.58. The van der Waals surface area contributed by atoms with Crippen molar-refractivity contribution < 1.29 is 22.4 Å². The summed E-state index contributed by atoms with van der Waals surface area (Å²) in [7, 11) is 1.61. The highest BCUT2D eigenvalue weighted by Crippen LogP contribution is 2.30. The molecule has 0 saturated heterocycles. The minimum Gasteiger partial charge on any atom is -0.383 e. The minimum absolute atomic E-state index is 0.176. The molecule has 0 spiro atoms. The number of ether oxygens (including phenoxy) is 1. The third-order valence-corrected chi connectivity index (χ3v) is 3.98. The van der Waals surface area contributed by atoms with E-state index in [1.165, 1.54) is 12.3 Å². The van der Waals surface area contributed by atoms with Crippen LogP contribution in [0.3, 0.4) is 0 Å². The zero-order valence-electron chi connectivity index (χ0n) is 14.5. The standard InChI is InChI=1S/C17H13F3N6O2/c1-27-5-4-26-14-9-22-13(7-11(14)8-23-26)12-6-10(2-3-21-12)15-24-16(28-25-15)17(18,19)20/h2-3,6-9H,4-5H2,1H3. The average Bonchev–Trinajstić information content (AvgIpc) is 3.33. The van der Waals surface area contributed by atoms with Crippen LogP contribution < -0.4 is 0 Å². The second-order valence-electron chi connectivity index (χ2n) is 5.84. The smallest absolute Gasteiger partial charge is 0.383 e. The number of hydrogen-bond acceptors (Lipinski definition) is 7. The number of nitrogens with zero attached hydrogens (tertiary/aromatic N) is 6. The number of methoxy groups -OCH3 is 1. The van der Waals surface area contributed by atoms with Crippen molar-refractivity contribution in [2.45, 2.75) is 12.7 Å². The topological polar surface area (TPSA) is 91.8 Å². The Bertz CT molecular complexity index is 1120. The van der Waals surface area contributed by atoms with Crippen molar-refractivity contribution >= 4 is 10.9 Å². The van der Waals surface area contributed by atoms with Crippen LogP contribution in [-0.2, 0) is 17.5 Å². The molecule has 144 valence electrons. The third kappa shape index (κ3) is 3.43. The lowest BCUT2D eigenvalue weighted by molar-refractivity contribution is -0.159. The Morgan fingerprint density at radius 2 is 1.96 bits per heavy atom. The molecule has 11 heteroatoms. The molecule has 0 bridgehead atoms. The first kappa shape index (κ1) is 18.0. The molecule has 0 aromatic carbocycles. The van der Waals surface area contributed by atoms with Gasteiger partial charge in [-0.15, -0.1) is 0 Å². The predicted octanol–water partition coefficient (Wildman–Crippen LogP) is 3.21. The van der Waals surface area contributed by atoms with Crippen molar-refractivity contribution in [1.29, 1.82) is 0 Å². The molecule has 0 radical (unpaired) electrons. The number of hydrogen-bond donors (Lipinski definition) is 0. The molecule has 0 N–H and O–H groups in total. The fraction of sp³-hybridized carbons (Fsp3) is 0.235. The normalized spacial score (nSPS) is 12.0. The maximum absolute atomic E-state index is 12.7. The second kappa shape index (κ2) is 7.00. The van der Waals surface area contributed by atoms with Crippen LogP contribution in [0.15, 0.2) is 41.3 Å². The molecule has 0 atom stereocenters. The van der Waals surface area contributed by atoms with E-state index >= 15 is 0 Å². The zero-order valence-corrected chi connectivity index (χ0v) is 14.5. The summed E-state index contributed by atoms with van der Waals surface area (Å²) in [5.41, 5.74) is 2.18. The van der Waals surface area contributed by atoms with Gasteiger partial charge >= 0.3 is 12.1 Å². The van der Waals surface area contributed by atoms with Gasteiger partial charge in [0.05, 0.1) is 42.4 Å². The highest BCUT2D eigenvalue weighted by Gasteiger charge is 2.38. The quantitative estimate of drug-likeness (QED) is 0.517. The fourth-order valence-electron chi connectivity index (χ4n) is 2.64. The monoisotopic (exact) mass is 390 g/mol. The first-order valence-electron chi connectivity index (χ1n) is 8.14. The summed E-state index contributed by atoms with van der Waals surface area (Å²) in [5, 5.41) is 8.54. The number of fused-ring (bicyclic) bond motifs is 1. The molecule has 4 heterocycles. The number of rotatable bonds is 5. The van der Waals surface area contributed by atoms with Crippen LogP contribution >= 0.6 is 0 Å². The predicted molar refractivity (Wildman–Crippen MR) is 90.9 cm³/mol. The Kier molecular flexibility index (Phi) is 4.51. The largest absolute Gasteiger partial charge is 0.471 e. The number of pyridine rings is 2. The summed E-state index contributed by atoms with van der Waals surface area (Å²) in [4.78, 5) is 12.0. The van der Waals surface area contributed by atoms with Gasteiger partial charge in [-0.3, -0.25) is 14.6 Å². The van der Waals surface area contributed by atoms with E-state index in [4.69, 9.17) is 4.74 Å². The van der Waals surface area contributed by atoms with Crippen molar-refractivity contribution in [2.75, 3.05) is 13.7 Å². The van der Waals surface area contributed by atoms with Gasteiger partial charge in [-0.1, -0.05) is 5.16 Å². The summed E-state index contributed by atoms with van der Waals surface area (Å²) >= 11 is 0. The van der Waals surface area contributed by atoms with E-state index in [2.05, 4.69) is 29.7 Å². The first-order valence-corrected chi connectivity index (χ1v) is 8.14. The maximum atomic E-state index is 12.7. The molecule has 0 amide bonds. The van der Waals surface area contributed by atoms with Crippen molar-refractivity contribution in [2.24, 2.45) is 0 Å². The van der Waals surface area contributed by atoms with Gasteiger partial charge in [0, 0.05) is 24.3 Å². The Morgan fingerprint density at radius 1 is 1.14 bits per heavy atom. The highest BCUT2D eigenvalue weighted by atomic mass is 19.4. The summed E-state index contributed by atoms with van der Waals surface area (Å²) < 4.78 is 49.1. The zero-order chi connectivity index (χ0) is 19.7. The molecule has 4 aromatic rings. The van der Waals surface area contributed by atoms with Crippen LogP contribution in [0.2, 0.25) is 0 Å². The lowest BCUT2D eigenvalue weighted by Gasteiger charge is -2.04. The van der Waals surface area contributed by atoms with E-state index in [-0.39, 0.29) is 5.82 Å². The first-order chi connectivity index (χ1) is 13.5. The van der Waals surface area contributed by atoms with Gasteiger partial charge in [0.1, 0.15) is 0 Å². The number of halogens is 3. The van der Waals surface area contributed by atoms with Crippen molar-refractivity contribution in [3.8, 4) is 22.8 Å². The van der Waals surface area contributed by atoms with Gasteiger partial charge in [-0.2, -0.15) is 23.3 Å². The van der Waals surface area contributed by atoms with Crippen LogP contribution in [0.25, 0.3) is 33.7 Å². The molecule has 0 unspecified atom stereocenters. The van der Waals surface area contributed by atoms with Crippen LogP contribution in [-0.4, -0.2) is 43.6 Å². The van der Waals surface area contributed by atoms with Gasteiger partial charge in [0.25, 0.3) is 0 Å². The van der Waals surface area contributed by atoms with Crippen LogP contribution in [0.5, 0.6) is 0 Å². The van der Waals surface area contributed by atoms with Crippen molar-refractivity contribution in [3.63, 3.8) is 0 Å². The average molecular weight is 390 g/mol. The summed E-state index contributed by atoms with van der Waals surface area (Å²) in [6.07, 6.45) is 0.117. The van der Waals surface area contributed by atoms with E-state index in [0.29, 0.717) is 30.1 Å². The lowest BCUT2D eigenvalue weighted by atomic mass is 10.1. The van der Waals surface area contributed by atoms with Gasteiger partial charge in [0.2, 0.25) is 5.82 Å². The van der Waals surface area contributed by atoms with Gasteiger partial charge < -0.3 is 9.26 Å². The molecular formula is C17H13F3N6O2. The molecule has 0 saturated carbocycles.